The largest absolute Gasteiger partial charge is 0.454 e. The Balaban J connectivity index is 2.38. The van der Waals surface area contributed by atoms with Gasteiger partial charge in [0.25, 0.3) is 0 Å². The van der Waals surface area contributed by atoms with E-state index in [1.54, 1.807) is 0 Å². The van der Waals surface area contributed by atoms with Crippen molar-refractivity contribution in [2.45, 2.75) is 6.18 Å². The van der Waals surface area contributed by atoms with Gasteiger partial charge in [-0.25, -0.2) is 4.39 Å². The Kier molecular flexibility index (Phi) is 3.52. The molecule has 0 heterocycles. The van der Waals surface area contributed by atoms with Gasteiger partial charge in [-0.2, -0.15) is 17.6 Å². The highest BCUT2D eigenvalue weighted by atomic mass is 19.4. The van der Waals surface area contributed by atoms with Gasteiger partial charge < -0.3 is 10.5 Å². The summed E-state index contributed by atoms with van der Waals surface area (Å²) in [5.74, 6) is -3.24. The number of nitrogens with two attached hydrogens (primary N) is 1. The molecule has 0 spiro atoms. The van der Waals surface area contributed by atoms with Crippen LogP contribution in [0.2, 0.25) is 0 Å². The van der Waals surface area contributed by atoms with Gasteiger partial charge in [-0.05, 0) is 30.3 Å². The van der Waals surface area contributed by atoms with Gasteiger partial charge in [0.05, 0.1) is 5.56 Å². The number of benzene rings is 2. The zero-order chi connectivity index (χ0) is 14.9. The third-order valence-electron chi connectivity index (χ3n) is 2.47. The van der Waals surface area contributed by atoms with E-state index >= 15 is 0 Å². The van der Waals surface area contributed by atoms with Crippen LogP contribution >= 0.6 is 0 Å². The second kappa shape index (κ2) is 4.99. The molecular formula is C13H8F5NO. The Hall–Kier alpha value is -2.31. The summed E-state index contributed by atoms with van der Waals surface area (Å²) in [4.78, 5) is 0. The smallest absolute Gasteiger partial charge is 0.418 e. The van der Waals surface area contributed by atoms with Crippen molar-refractivity contribution in [3.63, 3.8) is 0 Å². The highest BCUT2D eigenvalue weighted by molar-refractivity contribution is 5.52. The minimum atomic E-state index is -4.66. The van der Waals surface area contributed by atoms with Crippen LogP contribution in [0.1, 0.15) is 5.56 Å². The van der Waals surface area contributed by atoms with Crippen molar-refractivity contribution >= 4 is 5.69 Å². The summed E-state index contributed by atoms with van der Waals surface area (Å²) in [6, 6.07) is 5.88. The summed E-state index contributed by atoms with van der Waals surface area (Å²) < 4.78 is 69.1. The second-order valence-electron chi connectivity index (χ2n) is 3.90. The van der Waals surface area contributed by atoms with Crippen LogP contribution < -0.4 is 10.5 Å². The van der Waals surface area contributed by atoms with Crippen LogP contribution in [0.3, 0.4) is 0 Å². The lowest BCUT2D eigenvalue weighted by Crippen LogP contribution is -2.09. The predicted octanol–water partition coefficient (Wildman–Crippen LogP) is 4.36. The second-order valence-corrected chi connectivity index (χ2v) is 3.90. The fourth-order valence-electron chi connectivity index (χ4n) is 1.53. The molecule has 0 aliphatic carbocycles. The molecule has 2 N–H and O–H groups in total. The zero-order valence-corrected chi connectivity index (χ0v) is 9.84. The number of rotatable bonds is 2. The Morgan fingerprint density at radius 1 is 1.00 bits per heavy atom. The van der Waals surface area contributed by atoms with Crippen molar-refractivity contribution in [2.24, 2.45) is 0 Å². The molecule has 0 saturated heterocycles. The highest BCUT2D eigenvalue weighted by Gasteiger charge is 2.33. The average Bonchev–Trinajstić information content (AvgIpc) is 2.36. The Morgan fingerprint density at radius 3 is 2.35 bits per heavy atom. The minimum Gasteiger partial charge on any atom is -0.454 e. The molecule has 0 amide bonds. The lowest BCUT2D eigenvalue weighted by molar-refractivity contribution is -0.137. The van der Waals surface area contributed by atoms with Crippen molar-refractivity contribution < 1.29 is 26.7 Å². The standard InChI is InChI=1S/C13H8F5NO/c14-9-2-1-3-11(12(9)15)20-7-4-5-10(19)8(6-7)13(16,17)18/h1-6H,19H2. The molecule has 2 nitrogen and oxygen atoms in total. The quantitative estimate of drug-likeness (QED) is 0.658. The first-order valence-electron chi connectivity index (χ1n) is 5.37. The van der Waals surface area contributed by atoms with E-state index in [1.807, 2.05) is 0 Å². The summed E-state index contributed by atoms with van der Waals surface area (Å²) in [6.07, 6.45) is -4.66. The van der Waals surface area contributed by atoms with Crippen molar-refractivity contribution in [3.05, 3.63) is 53.6 Å². The minimum absolute atomic E-state index is 0.295. The molecule has 106 valence electrons. The van der Waals surface area contributed by atoms with Gasteiger partial charge in [-0.3, -0.25) is 0 Å². The molecule has 0 unspecified atom stereocenters. The van der Waals surface area contributed by atoms with E-state index in [2.05, 4.69) is 0 Å². The van der Waals surface area contributed by atoms with E-state index in [-0.39, 0.29) is 5.75 Å². The molecule has 0 fully saturated rings. The predicted molar refractivity (Wildman–Crippen MR) is 62.3 cm³/mol. The molecule has 2 aromatic rings. The van der Waals surface area contributed by atoms with Crippen LogP contribution in [0, 0.1) is 11.6 Å². The van der Waals surface area contributed by atoms with E-state index in [9.17, 15) is 22.0 Å². The van der Waals surface area contributed by atoms with Gasteiger partial charge in [-0.15, -0.1) is 0 Å². The summed E-state index contributed by atoms with van der Waals surface area (Å²) >= 11 is 0. The Morgan fingerprint density at radius 2 is 1.70 bits per heavy atom. The molecule has 0 aliphatic rings. The van der Waals surface area contributed by atoms with Crippen LogP contribution in [-0.2, 0) is 6.18 Å². The van der Waals surface area contributed by atoms with Crippen LogP contribution in [0.15, 0.2) is 36.4 Å². The number of halogens is 5. The molecule has 0 bridgehead atoms. The molecule has 0 aliphatic heterocycles. The van der Waals surface area contributed by atoms with E-state index in [4.69, 9.17) is 10.5 Å². The maximum atomic E-state index is 13.4. The van der Waals surface area contributed by atoms with Crippen molar-refractivity contribution in [1.82, 2.24) is 0 Å². The Labute approximate surface area is 110 Å². The zero-order valence-electron chi connectivity index (χ0n) is 9.84. The third-order valence-corrected chi connectivity index (χ3v) is 2.47. The van der Waals surface area contributed by atoms with Crippen molar-refractivity contribution in [3.8, 4) is 11.5 Å². The SMILES string of the molecule is Nc1ccc(Oc2cccc(F)c2F)cc1C(F)(F)F. The topological polar surface area (TPSA) is 35.2 Å². The molecule has 0 radical (unpaired) electrons. The first-order chi connectivity index (χ1) is 9.29. The van der Waals surface area contributed by atoms with Gasteiger partial charge in [0.1, 0.15) is 5.75 Å². The molecule has 0 saturated carbocycles. The van der Waals surface area contributed by atoms with E-state index in [1.165, 1.54) is 6.07 Å². The third kappa shape index (κ3) is 2.81. The van der Waals surface area contributed by atoms with Crippen LogP contribution in [-0.4, -0.2) is 0 Å². The molecular weight excluding hydrogens is 281 g/mol. The van der Waals surface area contributed by atoms with Gasteiger partial charge in [-0.1, -0.05) is 6.07 Å². The molecule has 0 aromatic heterocycles. The number of hydrogen-bond donors (Lipinski definition) is 1. The molecule has 7 heteroatoms. The summed E-state index contributed by atoms with van der Waals surface area (Å²) in [5.41, 5.74) is 3.63. The number of hydrogen-bond acceptors (Lipinski definition) is 2. The average molecular weight is 289 g/mol. The van der Waals surface area contributed by atoms with Crippen LogP contribution in [0.25, 0.3) is 0 Å². The first kappa shape index (κ1) is 14.1. The molecule has 2 rings (SSSR count). The van der Waals surface area contributed by atoms with Crippen molar-refractivity contribution in [1.29, 1.82) is 0 Å². The maximum Gasteiger partial charge on any atom is 0.418 e. The normalized spacial score (nSPS) is 11.4. The fraction of sp³-hybridized carbons (Fsp3) is 0.0769. The van der Waals surface area contributed by atoms with E-state index in [0.29, 0.717) is 6.07 Å². The lowest BCUT2D eigenvalue weighted by Gasteiger charge is -2.12. The monoisotopic (exact) mass is 289 g/mol. The number of alkyl halides is 3. The molecule has 2 aromatic carbocycles. The highest BCUT2D eigenvalue weighted by Crippen LogP contribution is 2.37. The maximum absolute atomic E-state index is 13.4. The summed E-state index contributed by atoms with van der Waals surface area (Å²) in [5, 5.41) is 0. The number of ether oxygens (including phenoxy) is 1. The van der Waals surface area contributed by atoms with Gasteiger partial charge in [0, 0.05) is 5.69 Å². The van der Waals surface area contributed by atoms with E-state index in [0.717, 1.165) is 24.3 Å². The van der Waals surface area contributed by atoms with Gasteiger partial charge in [0.15, 0.2) is 11.6 Å². The molecule has 20 heavy (non-hydrogen) atoms. The van der Waals surface area contributed by atoms with Crippen LogP contribution in [0.4, 0.5) is 27.6 Å². The lowest BCUT2D eigenvalue weighted by atomic mass is 10.1. The first-order valence-corrected chi connectivity index (χ1v) is 5.37. The Bertz CT molecular complexity index is 639. The van der Waals surface area contributed by atoms with E-state index < -0.39 is 34.8 Å². The fourth-order valence-corrected chi connectivity index (χ4v) is 1.53. The van der Waals surface area contributed by atoms with Crippen LogP contribution in [0.5, 0.6) is 11.5 Å². The van der Waals surface area contributed by atoms with Crippen molar-refractivity contribution in [2.75, 3.05) is 5.73 Å². The number of anilines is 1. The van der Waals surface area contributed by atoms with Gasteiger partial charge >= 0.3 is 6.18 Å². The number of nitrogen functional groups attached to an aromatic ring is 1. The summed E-state index contributed by atoms with van der Waals surface area (Å²) in [6.45, 7) is 0. The molecule has 0 atom stereocenters. The van der Waals surface area contributed by atoms with Gasteiger partial charge in [0.2, 0.25) is 5.82 Å². The summed E-state index contributed by atoms with van der Waals surface area (Å²) in [7, 11) is 0.